The average molecular weight is 1110 g/mol. The molecule has 0 fully saturated rings. The van der Waals surface area contributed by atoms with Crippen LogP contribution in [0.4, 0.5) is 0 Å². The molecule has 0 aromatic rings. The summed E-state index contributed by atoms with van der Waals surface area (Å²) in [5.74, 6) is -2.03. The Bertz CT molecular complexity index is 1470. The summed E-state index contributed by atoms with van der Waals surface area (Å²) >= 11 is 0. The molecular weight excluding hydrogens is 1000 g/mol. The van der Waals surface area contributed by atoms with Crippen LogP contribution in [-0.4, -0.2) is 97.6 Å². The molecule has 6 atom stereocenters. The van der Waals surface area contributed by atoms with Gasteiger partial charge in [0.2, 0.25) is 0 Å². The predicted octanol–water partition coefficient (Wildman–Crippen LogP) is 14.5. The minimum atomic E-state index is -0.366. The third kappa shape index (κ3) is 43.6. The summed E-state index contributed by atoms with van der Waals surface area (Å²) in [6, 6.07) is 0. The number of hydrogen-bond donors (Lipinski definition) is 0. The molecule has 0 aromatic carbocycles. The molecule has 454 valence electrons. The second-order valence-corrected chi connectivity index (χ2v) is 21.1. The summed E-state index contributed by atoms with van der Waals surface area (Å²) in [5, 5.41) is 0. The van der Waals surface area contributed by atoms with E-state index >= 15 is 0 Å². The van der Waals surface area contributed by atoms with Crippen LogP contribution in [0.3, 0.4) is 0 Å². The van der Waals surface area contributed by atoms with Crippen molar-refractivity contribution in [3.05, 3.63) is 0 Å². The number of carbonyl (C=O) groups excluding carboxylic acids is 8. The van der Waals surface area contributed by atoms with Gasteiger partial charge in [0.15, 0.2) is 0 Å². The number of esters is 8. The molecule has 0 aliphatic rings. The molecule has 78 heavy (non-hydrogen) atoms. The van der Waals surface area contributed by atoms with Gasteiger partial charge >= 0.3 is 47.8 Å². The van der Waals surface area contributed by atoms with Crippen molar-refractivity contribution in [3.63, 3.8) is 0 Å². The summed E-state index contributed by atoms with van der Waals surface area (Å²) in [5.41, 5.74) is 0. The van der Waals surface area contributed by atoms with Crippen molar-refractivity contribution >= 4 is 47.8 Å². The summed E-state index contributed by atoms with van der Waals surface area (Å²) in [6.07, 6.45) is 22.5. The largest absolute Gasteiger partial charge is 0.462 e. The number of carbonyl (C=O) groups is 8. The van der Waals surface area contributed by atoms with Gasteiger partial charge in [-0.15, -0.1) is 0 Å². The van der Waals surface area contributed by atoms with Gasteiger partial charge in [0.25, 0.3) is 0 Å². The van der Waals surface area contributed by atoms with E-state index in [0.29, 0.717) is 141 Å². The van der Waals surface area contributed by atoms with Gasteiger partial charge in [0, 0.05) is 51.4 Å². The molecule has 16 nitrogen and oxygen atoms in total. The Labute approximate surface area is 471 Å². The lowest BCUT2D eigenvalue weighted by Gasteiger charge is -2.24. The average Bonchev–Trinajstić information content (AvgIpc) is 3.38. The molecule has 0 saturated carbocycles. The Morgan fingerprint density at radius 1 is 0.218 bits per heavy atom. The van der Waals surface area contributed by atoms with E-state index in [0.717, 1.165) is 89.9 Å². The lowest BCUT2D eigenvalue weighted by atomic mass is 9.99. The first-order valence-corrected chi connectivity index (χ1v) is 31.1. The Hall–Kier alpha value is -4.24. The third-order valence-corrected chi connectivity index (χ3v) is 13.4. The van der Waals surface area contributed by atoms with Crippen LogP contribution in [-0.2, 0) is 76.3 Å². The maximum absolute atomic E-state index is 12.6. The topological polar surface area (TPSA) is 210 Å². The zero-order chi connectivity index (χ0) is 58.0. The van der Waals surface area contributed by atoms with Gasteiger partial charge < -0.3 is 37.9 Å². The van der Waals surface area contributed by atoms with Crippen molar-refractivity contribution in [2.75, 3.05) is 13.2 Å². The molecule has 0 spiro atoms. The Morgan fingerprint density at radius 3 is 0.654 bits per heavy atom. The zero-order valence-corrected chi connectivity index (χ0v) is 50.3. The molecule has 0 amide bonds. The van der Waals surface area contributed by atoms with Crippen LogP contribution >= 0.6 is 0 Å². The smallest absolute Gasteiger partial charge is 0.306 e. The van der Waals surface area contributed by atoms with Crippen molar-refractivity contribution < 1.29 is 76.3 Å². The number of unbranched alkanes of at least 4 members (excludes halogenated alkanes) is 8. The second kappa shape index (κ2) is 50.9. The van der Waals surface area contributed by atoms with E-state index < -0.39 is 0 Å². The van der Waals surface area contributed by atoms with Gasteiger partial charge in [-0.2, -0.15) is 0 Å². The lowest BCUT2D eigenvalue weighted by Crippen LogP contribution is -2.26. The van der Waals surface area contributed by atoms with Crippen LogP contribution in [0, 0.1) is 0 Å². The first kappa shape index (κ1) is 73.8. The molecule has 0 aromatic heterocycles. The molecular formula is C62H110O16. The Morgan fingerprint density at radius 2 is 0.423 bits per heavy atom. The van der Waals surface area contributed by atoms with Crippen molar-refractivity contribution in [1.82, 2.24) is 0 Å². The summed E-state index contributed by atoms with van der Waals surface area (Å²) in [7, 11) is 0. The van der Waals surface area contributed by atoms with Gasteiger partial charge in [-0.05, 0) is 141 Å². The van der Waals surface area contributed by atoms with Gasteiger partial charge in [0.1, 0.15) is 49.8 Å². The fraction of sp³-hybridized carbons (Fsp3) is 0.871. The summed E-state index contributed by atoms with van der Waals surface area (Å²) < 4.78 is 45.6. The van der Waals surface area contributed by atoms with E-state index in [9.17, 15) is 38.4 Å². The van der Waals surface area contributed by atoms with E-state index in [1.54, 1.807) is 0 Å². The van der Waals surface area contributed by atoms with E-state index in [2.05, 4.69) is 13.8 Å². The molecule has 16 heteroatoms. The van der Waals surface area contributed by atoms with Crippen LogP contribution in [0.25, 0.3) is 0 Å². The number of hydrogen-bond acceptors (Lipinski definition) is 16. The first-order valence-electron chi connectivity index (χ1n) is 31.1. The molecule has 0 saturated heterocycles. The highest BCUT2D eigenvalue weighted by molar-refractivity contribution is 5.72. The highest BCUT2D eigenvalue weighted by atomic mass is 16.6. The van der Waals surface area contributed by atoms with Crippen LogP contribution < -0.4 is 0 Å². The summed E-state index contributed by atoms with van der Waals surface area (Å²) in [6.45, 7) is 15.7. The van der Waals surface area contributed by atoms with E-state index in [1.807, 2.05) is 41.5 Å². The normalized spacial score (nSPS) is 13.5. The molecule has 0 radical (unpaired) electrons. The van der Waals surface area contributed by atoms with Gasteiger partial charge in [-0.1, -0.05) is 107 Å². The van der Waals surface area contributed by atoms with Crippen LogP contribution in [0.5, 0.6) is 0 Å². The fourth-order valence-corrected chi connectivity index (χ4v) is 9.20. The zero-order valence-electron chi connectivity index (χ0n) is 50.3. The molecule has 0 aliphatic carbocycles. The van der Waals surface area contributed by atoms with Gasteiger partial charge in [-0.3, -0.25) is 38.4 Å². The quantitative estimate of drug-likeness (QED) is 0.0315. The second-order valence-electron chi connectivity index (χ2n) is 21.1. The standard InChI is InChI=1S/C62H110O16/c1-9-27-49(73-57(65)29-11-3)39-43-53(77-61(69)33-15-7)45-41-51(75-59(67)31-13-5)35-23-19-17-21-25-37-55(63)71-47-48-72-56(64)38-26-22-18-20-24-36-52(76-60(68)32-14-6)42-46-54(78-62(70)34-16-8)44-40-50(28-10-2)74-58(66)30-12-4/h49-54H,9-48H2,1-8H3. The SMILES string of the molecule is CCCC(=O)OC(CCC)CCC(CCC(CCCCCCCC(=O)OCCOC(=O)CCCCCCCC(CCC(CCC(CCC)OC(=O)CCC)OC(=O)CCC)OC(=O)CCC)OC(=O)CCC)OC(=O)CCC. The first-order chi connectivity index (χ1) is 37.7. The lowest BCUT2D eigenvalue weighted by molar-refractivity contribution is -0.155. The Kier molecular flexibility index (Phi) is 48.2. The molecule has 6 unspecified atom stereocenters. The van der Waals surface area contributed by atoms with Crippen molar-refractivity contribution in [2.45, 2.75) is 336 Å². The van der Waals surface area contributed by atoms with E-state index in [1.165, 1.54) is 0 Å². The van der Waals surface area contributed by atoms with E-state index in [4.69, 9.17) is 37.9 Å². The fourth-order valence-electron chi connectivity index (χ4n) is 9.20. The van der Waals surface area contributed by atoms with Gasteiger partial charge in [-0.25, -0.2) is 0 Å². The minimum absolute atomic E-state index is 0.00682. The highest BCUT2D eigenvalue weighted by Crippen LogP contribution is 2.24. The van der Waals surface area contributed by atoms with Crippen LogP contribution in [0.2, 0.25) is 0 Å². The highest BCUT2D eigenvalue weighted by Gasteiger charge is 2.25. The Balaban J connectivity index is 4.72. The third-order valence-electron chi connectivity index (χ3n) is 13.4. The van der Waals surface area contributed by atoms with Crippen LogP contribution in [0.15, 0.2) is 0 Å². The number of rotatable bonds is 53. The minimum Gasteiger partial charge on any atom is -0.462 e. The monoisotopic (exact) mass is 1110 g/mol. The van der Waals surface area contributed by atoms with Crippen molar-refractivity contribution in [2.24, 2.45) is 0 Å². The summed E-state index contributed by atoms with van der Waals surface area (Å²) in [4.78, 5) is 99.5. The van der Waals surface area contributed by atoms with Crippen molar-refractivity contribution in [3.8, 4) is 0 Å². The van der Waals surface area contributed by atoms with Crippen LogP contribution in [0.1, 0.15) is 299 Å². The molecule has 0 N–H and O–H groups in total. The molecule has 0 aliphatic heterocycles. The number of ether oxygens (including phenoxy) is 8. The predicted molar refractivity (Wildman–Crippen MR) is 302 cm³/mol. The molecule has 0 heterocycles. The molecule has 0 rings (SSSR count). The van der Waals surface area contributed by atoms with E-state index in [-0.39, 0.29) is 110 Å². The van der Waals surface area contributed by atoms with Gasteiger partial charge in [0.05, 0.1) is 0 Å². The molecule has 0 bridgehead atoms. The maximum atomic E-state index is 12.6. The van der Waals surface area contributed by atoms with Crippen molar-refractivity contribution in [1.29, 1.82) is 0 Å². The maximum Gasteiger partial charge on any atom is 0.306 e.